The summed E-state index contributed by atoms with van der Waals surface area (Å²) in [7, 11) is 0. The van der Waals surface area contributed by atoms with E-state index in [-0.39, 0.29) is 5.91 Å². The van der Waals surface area contributed by atoms with Gasteiger partial charge >= 0.3 is 5.97 Å². The first-order chi connectivity index (χ1) is 15.6. The van der Waals surface area contributed by atoms with E-state index >= 15 is 0 Å². The smallest absolute Gasteiger partial charge is 0.339 e. The van der Waals surface area contributed by atoms with Gasteiger partial charge in [0.25, 0.3) is 5.91 Å². The van der Waals surface area contributed by atoms with Crippen LogP contribution >= 0.6 is 0 Å². The number of rotatable bonds is 5. The molecule has 5 rings (SSSR count). The zero-order valence-corrected chi connectivity index (χ0v) is 17.6. The Hall–Kier alpha value is -3.74. The highest BCUT2D eigenvalue weighted by atomic mass is 16.5. The Labute approximate surface area is 185 Å². The van der Waals surface area contributed by atoms with Crippen molar-refractivity contribution in [2.75, 3.05) is 23.4 Å². The minimum absolute atomic E-state index is 0.0829. The van der Waals surface area contributed by atoms with Gasteiger partial charge < -0.3 is 15.0 Å². The fraction of sp³-hybridized carbons (Fsp3) is 0.280. The minimum atomic E-state index is -0.506. The number of hydrogen-bond acceptors (Lipinski definition) is 5. The highest BCUT2D eigenvalue weighted by Crippen LogP contribution is 2.30. The molecular formula is C25H23N3O4. The van der Waals surface area contributed by atoms with Crippen LogP contribution in [0.15, 0.2) is 48.5 Å². The van der Waals surface area contributed by atoms with Crippen molar-refractivity contribution < 1.29 is 19.1 Å². The minimum Gasteiger partial charge on any atom is -0.452 e. The number of pyridine rings is 1. The van der Waals surface area contributed by atoms with Gasteiger partial charge in [-0.1, -0.05) is 24.3 Å². The average molecular weight is 429 g/mol. The maximum Gasteiger partial charge on any atom is 0.339 e. The molecule has 1 aliphatic carbocycles. The van der Waals surface area contributed by atoms with Crippen molar-refractivity contribution in [2.45, 2.75) is 32.1 Å². The van der Waals surface area contributed by atoms with Gasteiger partial charge in [0.05, 0.1) is 11.1 Å². The predicted molar refractivity (Wildman–Crippen MR) is 121 cm³/mol. The molecule has 0 radical (unpaired) electrons. The molecule has 2 aromatic carbocycles. The lowest BCUT2D eigenvalue weighted by Crippen LogP contribution is -2.24. The molecule has 7 nitrogen and oxygen atoms in total. The molecule has 1 aromatic heterocycles. The van der Waals surface area contributed by atoms with E-state index in [0.717, 1.165) is 53.5 Å². The molecule has 2 heterocycles. The van der Waals surface area contributed by atoms with Gasteiger partial charge in [0, 0.05) is 35.4 Å². The molecule has 2 aliphatic rings. The number of esters is 1. The number of nitrogens with zero attached hydrogens (tertiary/aromatic N) is 2. The number of aryl methyl sites for hydroxylation is 1. The summed E-state index contributed by atoms with van der Waals surface area (Å²) in [6, 6.07) is 14.6. The molecule has 2 amide bonds. The molecule has 32 heavy (non-hydrogen) atoms. The highest BCUT2D eigenvalue weighted by Gasteiger charge is 2.25. The van der Waals surface area contributed by atoms with Gasteiger partial charge in [-0.2, -0.15) is 0 Å². The second-order valence-electron chi connectivity index (χ2n) is 8.11. The molecule has 1 aliphatic heterocycles. The molecule has 1 N–H and O–H groups in total. The molecule has 0 unspecified atom stereocenters. The number of aromatic nitrogens is 1. The van der Waals surface area contributed by atoms with E-state index < -0.39 is 18.5 Å². The highest BCUT2D eigenvalue weighted by molar-refractivity contribution is 6.06. The van der Waals surface area contributed by atoms with Gasteiger partial charge in [-0.25, -0.2) is 4.79 Å². The van der Waals surface area contributed by atoms with Crippen LogP contribution in [0.4, 0.5) is 11.4 Å². The molecule has 7 heteroatoms. The standard InChI is InChI=1S/C25H23N3O4/c29-22(26-16-6-3-7-17(14-16)28-13-5-12-23(28)30)15-32-25(31)24-18-8-1-2-10-20(18)27-21-11-4-9-19(21)24/h1-3,6-8,10,14H,4-5,9,11-13,15H2,(H,26,29). The van der Waals surface area contributed by atoms with Crippen LogP contribution in [0, 0.1) is 0 Å². The zero-order valence-electron chi connectivity index (χ0n) is 17.6. The normalized spacial score (nSPS) is 15.1. The van der Waals surface area contributed by atoms with Crippen LogP contribution in [0.5, 0.6) is 0 Å². The van der Waals surface area contributed by atoms with Crippen molar-refractivity contribution >= 4 is 40.1 Å². The van der Waals surface area contributed by atoms with Crippen LogP contribution in [0.2, 0.25) is 0 Å². The van der Waals surface area contributed by atoms with Crippen LogP contribution in [0.3, 0.4) is 0 Å². The Bertz CT molecular complexity index is 1240. The maximum atomic E-state index is 13.0. The molecule has 0 bridgehead atoms. The van der Waals surface area contributed by atoms with Crippen molar-refractivity contribution in [3.8, 4) is 0 Å². The number of ether oxygens (including phenoxy) is 1. The Balaban J connectivity index is 1.29. The van der Waals surface area contributed by atoms with Crippen molar-refractivity contribution in [1.29, 1.82) is 0 Å². The zero-order chi connectivity index (χ0) is 22.1. The number of anilines is 2. The van der Waals surface area contributed by atoms with Gasteiger partial charge in [-0.15, -0.1) is 0 Å². The summed E-state index contributed by atoms with van der Waals surface area (Å²) in [5.41, 5.74) is 4.45. The van der Waals surface area contributed by atoms with Crippen LogP contribution < -0.4 is 10.2 Å². The quantitative estimate of drug-likeness (QED) is 0.626. The summed E-state index contributed by atoms with van der Waals surface area (Å²) in [6.07, 6.45) is 3.95. The molecule has 0 saturated carbocycles. The summed E-state index contributed by atoms with van der Waals surface area (Å²) in [5.74, 6) is -0.855. The van der Waals surface area contributed by atoms with E-state index in [1.807, 2.05) is 30.3 Å². The lowest BCUT2D eigenvalue weighted by atomic mass is 10.0. The van der Waals surface area contributed by atoms with Crippen LogP contribution in [-0.2, 0) is 27.2 Å². The van der Waals surface area contributed by atoms with Crippen LogP contribution in [0.25, 0.3) is 10.9 Å². The van der Waals surface area contributed by atoms with Crippen molar-refractivity contribution in [3.05, 3.63) is 65.4 Å². The Kier molecular flexibility index (Phi) is 5.31. The summed E-state index contributed by atoms with van der Waals surface area (Å²) in [6.45, 7) is 0.287. The number of hydrogen-bond donors (Lipinski definition) is 1. The van der Waals surface area contributed by atoms with E-state index in [1.165, 1.54) is 0 Å². The summed E-state index contributed by atoms with van der Waals surface area (Å²) in [5, 5.41) is 3.50. The third kappa shape index (κ3) is 3.82. The van der Waals surface area contributed by atoms with Crippen molar-refractivity contribution in [2.24, 2.45) is 0 Å². The first-order valence-corrected chi connectivity index (χ1v) is 10.9. The summed E-state index contributed by atoms with van der Waals surface area (Å²) >= 11 is 0. The van der Waals surface area contributed by atoms with E-state index in [2.05, 4.69) is 10.3 Å². The number of carbonyl (C=O) groups excluding carboxylic acids is 3. The second kappa shape index (κ2) is 8.42. The Morgan fingerprint density at radius 1 is 1.03 bits per heavy atom. The third-order valence-electron chi connectivity index (χ3n) is 5.97. The summed E-state index contributed by atoms with van der Waals surface area (Å²) < 4.78 is 5.40. The lowest BCUT2D eigenvalue weighted by molar-refractivity contribution is -0.119. The van der Waals surface area contributed by atoms with E-state index in [9.17, 15) is 14.4 Å². The predicted octanol–water partition coefficient (Wildman–Crippen LogP) is 3.65. The first kappa shape index (κ1) is 20.2. The topological polar surface area (TPSA) is 88.6 Å². The fourth-order valence-electron chi connectivity index (χ4n) is 4.52. The van der Waals surface area contributed by atoms with Gasteiger partial charge in [-0.05, 0) is 55.5 Å². The van der Waals surface area contributed by atoms with Crippen LogP contribution in [0.1, 0.15) is 40.9 Å². The van der Waals surface area contributed by atoms with E-state index in [0.29, 0.717) is 24.2 Å². The Morgan fingerprint density at radius 3 is 2.75 bits per heavy atom. The molecule has 0 spiro atoms. The van der Waals surface area contributed by atoms with E-state index in [1.54, 1.807) is 23.1 Å². The Morgan fingerprint density at radius 2 is 1.91 bits per heavy atom. The SMILES string of the molecule is O=C(COC(=O)c1c2c(nc3ccccc13)CCC2)Nc1cccc(N2CCCC2=O)c1. The number of benzene rings is 2. The summed E-state index contributed by atoms with van der Waals surface area (Å²) in [4.78, 5) is 43.8. The molecule has 1 fully saturated rings. The number of fused-ring (bicyclic) bond motifs is 2. The molecule has 1 saturated heterocycles. The molecule has 0 atom stereocenters. The van der Waals surface area contributed by atoms with Gasteiger partial charge in [0.15, 0.2) is 6.61 Å². The van der Waals surface area contributed by atoms with Gasteiger partial charge in [0.2, 0.25) is 5.91 Å². The first-order valence-electron chi connectivity index (χ1n) is 10.9. The molecule has 3 aromatic rings. The second-order valence-corrected chi connectivity index (χ2v) is 8.11. The van der Waals surface area contributed by atoms with Gasteiger partial charge in [0.1, 0.15) is 0 Å². The largest absolute Gasteiger partial charge is 0.452 e. The van der Waals surface area contributed by atoms with E-state index in [4.69, 9.17) is 4.74 Å². The average Bonchev–Trinajstić information content (AvgIpc) is 3.44. The maximum absolute atomic E-state index is 13.0. The van der Waals surface area contributed by atoms with Crippen molar-refractivity contribution in [1.82, 2.24) is 4.98 Å². The molecule has 162 valence electrons. The number of para-hydroxylation sites is 1. The van der Waals surface area contributed by atoms with Crippen LogP contribution in [-0.4, -0.2) is 35.9 Å². The molecular weight excluding hydrogens is 406 g/mol. The number of carbonyl (C=O) groups is 3. The number of nitrogens with one attached hydrogen (secondary N) is 1. The number of amides is 2. The fourth-order valence-corrected chi connectivity index (χ4v) is 4.52. The van der Waals surface area contributed by atoms with Crippen molar-refractivity contribution in [3.63, 3.8) is 0 Å². The van der Waals surface area contributed by atoms with Gasteiger partial charge in [-0.3, -0.25) is 14.6 Å². The third-order valence-corrected chi connectivity index (χ3v) is 5.97. The monoisotopic (exact) mass is 429 g/mol. The lowest BCUT2D eigenvalue weighted by Gasteiger charge is -2.17.